The molecule has 0 aliphatic rings. The van der Waals surface area contributed by atoms with Gasteiger partial charge in [-0.05, 0) is 81.5 Å². The first kappa shape index (κ1) is 32.8. The maximum atomic E-state index is 14.5. The van der Waals surface area contributed by atoms with Gasteiger partial charge in [0.25, 0.3) is 0 Å². The van der Waals surface area contributed by atoms with Crippen molar-refractivity contribution < 1.29 is 46.4 Å². The van der Waals surface area contributed by atoms with E-state index >= 15 is 0 Å². The monoisotopic (exact) mass is 574 g/mol. The van der Waals surface area contributed by atoms with E-state index in [4.69, 9.17) is 4.74 Å². The fourth-order valence-electron chi connectivity index (χ4n) is 3.95. The minimum atomic E-state index is -4.89. The molecule has 0 bridgehead atoms. The van der Waals surface area contributed by atoms with Crippen molar-refractivity contribution in [1.29, 1.82) is 0 Å². The van der Waals surface area contributed by atoms with Crippen LogP contribution in [0.4, 0.5) is 32.4 Å². The number of hydrogen-bond donors (Lipinski definition) is 3. The highest BCUT2D eigenvalue weighted by Gasteiger charge is 2.32. The zero-order valence-electron chi connectivity index (χ0n) is 23.2. The van der Waals surface area contributed by atoms with Gasteiger partial charge in [0.1, 0.15) is 17.5 Å². The number of nitrogens with zero attached hydrogens (tertiary/aromatic N) is 1. The molecule has 0 saturated heterocycles. The number of allylic oxidation sites excluding steroid dienone is 1. The van der Waals surface area contributed by atoms with Gasteiger partial charge in [0.2, 0.25) is 0 Å². The molecule has 222 valence electrons. The third-order valence-corrected chi connectivity index (χ3v) is 5.79. The second kappa shape index (κ2) is 13.3. The van der Waals surface area contributed by atoms with Crippen molar-refractivity contribution in [2.45, 2.75) is 79.1 Å². The second-order valence-corrected chi connectivity index (χ2v) is 10.1. The Balaban J connectivity index is 2.81. The molecule has 12 heteroatoms. The molecule has 7 nitrogen and oxygen atoms in total. The van der Waals surface area contributed by atoms with Gasteiger partial charge in [-0.25, -0.2) is 4.79 Å². The smallest absolute Gasteiger partial charge is 0.444 e. The first-order valence-electron chi connectivity index (χ1n) is 12.5. The van der Waals surface area contributed by atoms with E-state index in [9.17, 15) is 37.0 Å². The third-order valence-electron chi connectivity index (χ3n) is 5.79. The van der Waals surface area contributed by atoms with E-state index in [2.05, 4.69) is 10.1 Å². The number of alkyl halides is 5. The number of amides is 1. The van der Waals surface area contributed by atoms with Crippen LogP contribution in [0.25, 0.3) is 11.1 Å². The van der Waals surface area contributed by atoms with E-state index in [-0.39, 0.29) is 28.9 Å². The fourth-order valence-corrected chi connectivity index (χ4v) is 3.95. The first-order valence-corrected chi connectivity index (χ1v) is 12.5. The minimum Gasteiger partial charge on any atom is -0.444 e. The molecule has 0 spiro atoms. The van der Waals surface area contributed by atoms with Crippen molar-refractivity contribution in [2.24, 2.45) is 0 Å². The number of carbonyl (C=O) groups is 1. The molecule has 1 amide bonds. The van der Waals surface area contributed by atoms with Gasteiger partial charge in [-0.15, -0.1) is 13.2 Å². The van der Waals surface area contributed by atoms with Gasteiger partial charge in [-0.1, -0.05) is 24.6 Å². The van der Waals surface area contributed by atoms with Crippen molar-refractivity contribution in [3.05, 3.63) is 58.8 Å². The molecule has 0 aliphatic carbocycles. The Bertz CT molecular complexity index is 1190. The van der Waals surface area contributed by atoms with Gasteiger partial charge in [-0.3, -0.25) is 4.90 Å². The zero-order chi connectivity index (χ0) is 30.4. The van der Waals surface area contributed by atoms with Crippen LogP contribution in [0.3, 0.4) is 0 Å². The Morgan fingerprint density at radius 1 is 1.15 bits per heavy atom. The largest absolute Gasteiger partial charge is 0.573 e. The predicted molar refractivity (Wildman–Crippen MR) is 141 cm³/mol. The standard InChI is InChI=1S/C28H35F5N2O5/c1-7-16(2)14-35(25(29)30)24-17(3)21(18-8-10-20(11-9-18)39-28(31,32)33)12-19(23(24)22(37)15-36)13-34-26(38)40-27(4,5)6/h8-12,14,22,25,36-37H,7,13,15H2,1-6H3,(H,34,38)/b16-14+. The van der Waals surface area contributed by atoms with E-state index in [1.807, 2.05) is 0 Å². The third kappa shape index (κ3) is 9.09. The average Bonchev–Trinajstić information content (AvgIpc) is 2.84. The van der Waals surface area contributed by atoms with E-state index < -0.39 is 43.1 Å². The number of hydrogen-bond acceptors (Lipinski definition) is 6. The lowest BCUT2D eigenvalue weighted by Gasteiger charge is -2.30. The van der Waals surface area contributed by atoms with E-state index in [1.54, 1.807) is 34.6 Å². The lowest BCUT2D eigenvalue weighted by molar-refractivity contribution is -0.274. The summed E-state index contributed by atoms with van der Waals surface area (Å²) in [7, 11) is 0. The van der Waals surface area contributed by atoms with Crippen LogP contribution >= 0.6 is 0 Å². The number of benzene rings is 2. The fraction of sp³-hybridized carbons (Fsp3) is 0.464. The first-order chi connectivity index (χ1) is 18.5. The summed E-state index contributed by atoms with van der Waals surface area (Å²) in [6.07, 6.45) is -5.61. The van der Waals surface area contributed by atoms with Crippen LogP contribution in [0.15, 0.2) is 42.1 Å². The molecular formula is C28H35F5N2O5. The quantitative estimate of drug-likeness (QED) is 0.210. The molecular weight excluding hydrogens is 539 g/mol. The highest BCUT2D eigenvalue weighted by Crippen LogP contribution is 2.41. The zero-order valence-corrected chi connectivity index (χ0v) is 23.2. The molecule has 1 atom stereocenters. The molecule has 2 aromatic rings. The van der Waals surface area contributed by atoms with Crippen LogP contribution in [0.5, 0.6) is 5.75 Å². The number of anilines is 1. The topological polar surface area (TPSA) is 91.3 Å². The summed E-state index contributed by atoms with van der Waals surface area (Å²) in [6, 6.07) is 6.36. The minimum absolute atomic E-state index is 0.0442. The Morgan fingerprint density at radius 3 is 2.23 bits per heavy atom. The van der Waals surface area contributed by atoms with E-state index in [0.717, 1.165) is 12.1 Å². The average molecular weight is 575 g/mol. The van der Waals surface area contributed by atoms with Gasteiger partial charge in [-0.2, -0.15) is 8.78 Å². The Morgan fingerprint density at radius 2 is 1.75 bits per heavy atom. The summed E-state index contributed by atoms with van der Waals surface area (Å²) in [5, 5.41) is 23.1. The molecule has 3 N–H and O–H groups in total. The normalized spacial score (nSPS) is 13.3. The van der Waals surface area contributed by atoms with Crippen molar-refractivity contribution in [2.75, 3.05) is 11.5 Å². The number of alkyl carbamates (subject to hydrolysis) is 1. The highest BCUT2D eigenvalue weighted by molar-refractivity contribution is 5.80. The Labute approximate surface area is 230 Å². The summed E-state index contributed by atoms with van der Waals surface area (Å²) in [6.45, 7) is 5.79. The SMILES string of the molecule is CC/C(C)=C/N(c1c(C)c(-c2ccc(OC(F)(F)F)cc2)cc(CNC(=O)OC(C)(C)C)c1C(O)CO)C(F)F. The molecule has 0 heterocycles. The van der Waals surface area contributed by atoms with Crippen LogP contribution in [-0.4, -0.2) is 41.4 Å². The van der Waals surface area contributed by atoms with Gasteiger partial charge in [0, 0.05) is 18.3 Å². The Hall–Kier alpha value is -3.38. The maximum Gasteiger partial charge on any atom is 0.573 e. The molecule has 0 aromatic heterocycles. The molecule has 0 saturated carbocycles. The van der Waals surface area contributed by atoms with Crippen LogP contribution in [0.2, 0.25) is 0 Å². The van der Waals surface area contributed by atoms with Crippen LogP contribution in [-0.2, 0) is 11.3 Å². The van der Waals surface area contributed by atoms with Crippen molar-refractivity contribution in [3.8, 4) is 16.9 Å². The lowest BCUT2D eigenvalue weighted by Crippen LogP contribution is -2.33. The molecule has 0 fully saturated rings. The maximum absolute atomic E-state index is 14.5. The number of ether oxygens (including phenoxy) is 2. The number of carbonyl (C=O) groups excluding carboxylic acids is 1. The summed E-state index contributed by atoms with van der Waals surface area (Å²) in [5.74, 6) is -0.469. The Kier molecular flexibility index (Phi) is 10.9. The molecule has 0 aliphatic heterocycles. The highest BCUT2D eigenvalue weighted by atomic mass is 19.4. The summed E-state index contributed by atoms with van der Waals surface area (Å²) in [5.41, 5.74) is 0.766. The molecule has 0 radical (unpaired) electrons. The van der Waals surface area contributed by atoms with Crippen LogP contribution < -0.4 is 15.0 Å². The predicted octanol–water partition coefficient (Wildman–Crippen LogP) is 6.95. The van der Waals surface area contributed by atoms with Gasteiger partial charge in [0.15, 0.2) is 0 Å². The molecule has 1 unspecified atom stereocenters. The number of rotatable bonds is 10. The number of nitrogens with one attached hydrogen (secondary N) is 1. The second-order valence-electron chi connectivity index (χ2n) is 10.1. The molecule has 40 heavy (non-hydrogen) atoms. The number of halogens is 5. The molecule has 2 rings (SSSR count). The van der Waals surface area contributed by atoms with Crippen LogP contribution in [0.1, 0.15) is 63.8 Å². The van der Waals surface area contributed by atoms with E-state index in [0.29, 0.717) is 28.0 Å². The van der Waals surface area contributed by atoms with Gasteiger partial charge < -0.3 is 25.0 Å². The number of aliphatic hydroxyl groups excluding tert-OH is 2. The van der Waals surface area contributed by atoms with Crippen molar-refractivity contribution >= 4 is 11.8 Å². The van der Waals surface area contributed by atoms with Crippen molar-refractivity contribution in [1.82, 2.24) is 5.32 Å². The van der Waals surface area contributed by atoms with Crippen LogP contribution in [0, 0.1) is 6.92 Å². The summed E-state index contributed by atoms with van der Waals surface area (Å²) >= 11 is 0. The van der Waals surface area contributed by atoms with Gasteiger partial charge in [0.05, 0.1) is 12.3 Å². The summed E-state index contributed by atoms with van der Waals surface area (Å²) in [4.78, 5) is 13.0. The number of aliphatic hydroxyl groups is 2. The lowest BCUT2D eigenvalue weighted by atomic mass is 9.89. The molecule has 2 aromatic carbocycles. The van der Waals surface area contributed by atoms with Crippen molar-refractivity contribution in [3.63, 3.8) is 0 Å². The summed E-state index contributed by atoms with van der Waals surface area (Å²) < 4.78 is 76.1. The van der Waals surface area contributed by atoms with E-state index in [1.165, 1.54) is 31.3 Å². The van der Waals surface area contributed by atoms with Gasteiger partial charge >= 0.3 is 19.0 Å².